The molecule has 3 fully saturated rings. The van der Waals surface area contributed by atoms with Gasteiger partial charge in [-0.2, -0.15) is 0 Å². The maximum absolute atomic E-state index is 2.30. The summed E-state index contributed by atoms with van der Waals surface area (Å²) in [7, 11) is 0. The fourth-order valence-corrected chi connectivity index (χ4v) is 4.58. The van der Waals surface area contributed by atoms with E-state index < -0.39 is 0 Å². The largest absolute Gasteiger partial charge is 1.00 e. The lowest BCUT2D eigenvalue weighted by molar-refractivity contribution is -0.942. The lowest BCUT2D eigenvalue weighted by atomic mass is 9.85. The third-order valence-electron chi connectivity index (χ3n) is 6.27. The summed E-state index contributed by atoms with van der Waals surface area (Å²) in [4.78, 5) is 0. The summed E-state index contributed by atoms with van der Waals surface area (Å²) in [5.74, 6) is 1.11. The van der Waals surface area contributed by atoms with E-state index in [1.807, 2.05) is 0 Å². The third-order valence-corrected chi connectivity index (χ3v) is 6.27. The highest BCUT2D eigenvalue weighted by molar-refractivity contribution is 4.71. The van der Waals surface area contributed by atoms with Crippen molar-refractivity contribution in [3.05, 3.63) is 0 Å². The van der Waals surface area contributed by atoms with E-state index in [0.717, 1.165) is 5.92 Å². The van der Waals surface area contributed by atoms with E-state index in [9.17, 15) is 0 Å². The summed E-state index contributed by atoms with van der Waals surface area (Å²) in [6, 6.07) is 0. The summed E-state index contributed by atoms with van der Waals surface area (Å²) in [6.45, 7) is 8.36. The Morgan fingerprint density at radius 1 is 0.636 bits per heavy atom. The zero-order valence-corrected chi connectivity index (χ0v) is 15.9. The van der Waals surface area contributed by atoms with Crippen molar-refractivity contribution in [1.29, 1.82) is 0 Å². The molecule has 0 amide bonds. The third kappa shape index (κ3) is 7.21. The molecule has 132 valence electrons. The number of quaternary nitrogens is 1. The predicted octanol–water partition coefficient (Wildman–Crippen LogP) is 2.93. The second-order valence-electron chi connectivity index (χ2n) is 8.00. The van der Waals surface area contributed by atoms with Gasteiger partial charge in [0.25, 0.3) is 0 Å². The van der Waals surface area contributed by atoms with Crippen LogP contribution in [0.25, 0.3) is 0 Å². The van der Waals surface area contributed by atoms with E-state index in [4.69, 9.17) is 0 Å². The van der Waals surface area contributed by atoms with Gasteiger partial charge in [0, 0.05) is 0 Å². The zero-order chi connectivity index (χ0) is 14.8. The molecule has 0 aliphatic carbocycles. The number of rotatable bonds is 12. The van der Waals surface area contributed by atoms with E-state index >= 15 is 0 Å². The number of piperidine rings is 3. The van der Waals surface area contributed by atoms with Crippen molar-refractivity contribution in [2.24, 2.45) is 5.92 Å². The number of halogens is 1. The molecule has 2 heteroatoms. The van der Waals surface area contributed by atoms with Gasteiger partial charge in [0.15, 0.2) is 0 Å². The van der Waals surface area contributed by atoms with Crippen molar-refractivity contribution in [2.75, 3.05) is 26.2 Å². The van der Waals surface area contributed by atoms with Crippen molar-refractivity contribution in [2.45, 2.75) is 96.8 Å². The van der Waals surface area contributed by atoms with E-state index in [2.05, 4.69) is 6.92 Å². The summed E-state index contributed by atoms with van der Waals surface area (Å²) in [5.41, 5.74) is 0. The molecule has 0 radical (unpaired) electrons. The van der Waals surface area contributed by atoms with E-state index in [-0.39, 0.29) is 12.4 Å². The monoisotopic (exact) mass is 329 g/mol. The predicted molar refractivity (Wildman–Crippen MR) is 93.5 cm³/mol. The number of hydrogen-bond acceptors (Lipinski definition) is 0. The molecule has 0 atom stereocenters. The fraction of sp³-hybridized carbons (Fsp3) is 1.00. The average Bonchev–Trinajstić information content (AvgIpc) is 2.54. The Balaban J connectivity index is 0.00000242. The second-order valence-corrected chi connectivity index (χ2v) is 8.00. The molecule has 0 aromatic rings. The van der Waals surface area contributed by atoms with E-state index in [0.29, 0.717) is 0 Å². The molecule has 3 aliphatic rings. The Kier molecular flexibility index (Phi) is 10.8. The van der Waals surface area contributed by atoms with Gasteiger partial charge in [-0.25, -0.2) is 0 Å². The van der Waals surface area contributed by atoms with Crippen LogP contribution in [0.15, 0.2) is 0 Å². The van der Waals surface area contributed by atoms with Crippen LogP contribution in [-0.4, -0.2) is 30.7 Å². The average molecular weight is 330 g/mol. The molecule has 3 rings (SSSR count). The first-order valence-electron chi connectivity index (χ1n) is 10.2. The lowest BCUT2D eigenvalue weighted by Gasteiger charge is -2.49. The molecule has 3 heterocycles. The summed E-state index contributed by atoms with van der Waals surface area (Å²) < 4.78 is 1.51. The molecule has 3 saturated heterocycles. The van der Waals surface area contributed by atoms with Crippen LogP contribution in [0.5, 0.6) is 0 Å². The van der Waals surface area contributed by atoms with Crippen LogP contribution in [0.1, 0.15) is 96.8 Å². The number of unbranched alkanes of at least 4 members (excludes halogenated alkanes) is 10. The van der Waals surface area contributed by atoms with Gasteiger partial charge in [-0.15, -0.1) is 0 Å². The van der Waals surface area contributed by atoms with Gasteiger partial charge >= 0.3 is 0 Å². The molecule has 0 aromatic carbocycles. The van der Waals surface area contributed by atoms with Crippen molar-refractivity contribution in [3.8, 4) is 0 Å². The van der Waals surface area contributed by atoms with Gasteiger partial charge in [0.1, 0.15) is 0 Å². The maximum atomic E-state index is 2.30. The standard InChI is InChI=1S/C20H40N.ClH/c1-2-3-4-5-6-7-8-9-10-11-12-16-21-17-13-20(14-18-21)15-19-21;/h20H,2-19H2,1H3;1H/q+1;/p-1. The van der Waals surface area contributed by atoms with Gasteiger partial charge in [-0.05, 0) is 38.0 Å². The second kappa shape index (κ2) is 11.7. The topological polar surface area (TPSA) is 0 Å². The molecular weight excluding hydrogens is 290 g/mol. The van der Waals surface area contributed by atoms with Gasteiger partial charge in [-0.3, -0.25) is 0 Å². The molecule has 1 nitrogen and oxygen atoms in total. The van der Waals surface area contributed by atoms with Crippen LogP contribution in [0, 0.1) is 5.92 Å². The van der Waals surface area contributed by atoms with Crippen LogP contribution in [0.2, 0.25) is 0 Å². The van der Waals surface area contributed by atoms with Crippen molar-refractivity contribution in [3.63, 3.8) is 0 Å². The van der Waals surface area contributed by atoms with Crippen LogP contribution in [-0.2, 0) is 0 Å². The van der Waals surface area contributed by atoms with Crippen LogP contribution >= 0.6 is 0 Å². The smallest absolute Gasteiger partial charge is 0.0789 e. The highest BCUT2D eigenvalue weighted by atomic mass is 35.5. The van der Waals surface area contributed by atoms with Crippen molar-refractivity contribution < 1.29 is 16.9 Å². The normalized spacial score (nSPS) is 26.9. The Morgan fingerprint density at radius 2 is 1.05 bits per heavy atom. The molecule has 0 N–H and O–H groups in total. The van der Waals surface area contributed by atoms with Crippen LogP contribution in [0.3, 0.4) is 0 Å². The zero-order valence-electron chi connectivity index (χ0n) is 15.1. The highest BCUT2D eigenvalue weighted by Gasteiger charge is 2.38. The first kappa shape index (κ1) is 20.3. The fourth-order valence-electron chi connectivity index (χ4n) is 4.58. The van der Waals surface area contributed by atoms with Gasteiger partial charge < -0.3 is 16.9 Å². The SMILES string of the molecule is CCCCCCCCCCCCC[N+]12CCC(CC1)CC2.[Cl-]. The molecular formula is C20H40ClN. The molecule has 22 heavy (non-hydrogen) atoms. The summed E-state index contributed by atoms with van der Waals surface area (Å²) >= 11 is 0. The Morgan fingerprint density at radius 3 is 1.50 bits per heavy atom. The van der Waals surface area contributed by atoms with Gasteiger partial charge in [0.05, 0.1) is 26.2 Å². The highest BCUT2D eigenvalue weighted by Crippen LogP contribution is 2.33. The molecule has 0 unspecified atom stereocenters. The minimum absolute atomic E-state index is 0. The number of fused-ring (bicyclic) bond motifs is 3. The first-order valence-corrected chi connectivity index (χ1v) is 10.2. The Labute approximate surface area is 146 Å². The van der Waals surface area contributed by atoms with Crippen molar-refractivity contribution in [1.82, 2.24) is 0 Å². The molecule has 0 spiro atoms. The Bertz CT molecular complexity index is 245. The number of hydrogen-bond donors (Lipinski definition) is 0. The molecule has 0 aromatic heterocycles. The van der Waals surface area contributed by atoms with E-state index in [1.54, 1.807) is 0 Å². The summed E-state index contributed by atoms with van der Waals surface area (Å²) in [5, 5.41) is 0. The van der Waals surface area contributed by atoms with Crippen LogP contribution < -0.4 is 12.4 Å². The molecule has 3 aliphatic heterocycles. The first-order chi connectivity index (χ1) is 10.3. The Hall–Kier alpha value is 0.250. The van der Waals surface area contributed by atoms with Crippen LogP contribution in [0.4, 0.5) is 0 Å². The van der Waals surface area contributed by atoms with E-state index in [1.165, 1.54) is 121 Å². The minimum atomic E-state index is 0. The van der Waals surface area contributed by atoms with Crippen molar-refractivity contribution >= 4 is 0 Å². The lowest BCUT2D eigenvalue weighted by Crippen LogP contribution is -3.00. The molecule has 2 bridgehead atoms. The quantitative estimate of drug-likeness (QED) is 0.381. The number of nitrogens with zero attached hydrogens (tertiary/aromatic N) is 1. The van der Waals surface area contributed by atoms with Gasteiger partial charge in [0.2, 0.25) is 0 Å². The van der Waals surface area contributed by atoms with Gasteiger partial charge in [-0.1, -0.05) is 64.7 Å². The minimum Gasteiger partial charge on any atom is -1.00 e. The maximum Gasteiger partial charge on any atom is 0.0789 e. The summed E-state index contributed by atoms with van der Waals surface area (Å²) in [6.07, 6.45) is 20.9. The molecule has 0 saturated carbocycles.